The molecule has 0 aromatic heterocycles. The maximum absolute atomic E-state index is 14.4. The third-order valence-electron chi connectivity index (χ3n) is 10.8. The zero-order chi connectivity index (χ0) is 42.2. The number of aliphatic hydroxyl groups excluding tert-OH is 4. The van der Waals surface area contributed by atoms with Crippen LogP contribution in [0.1, 0.15) is 35.7 Å². The molecule has 0 radical (unpaired) electrons. The predicted octanol–water partition coefficient (Wildman–Crippen LogP) is 1.44. The van der Waals surface area contributed by atoms with Gasteiger partial charge in [0.15, 0.2) is 12.6 Å². The van der Waals surface area contributed by atoms with E-state index < -0.39 is 117 Å². The van der Waals surface area contributed by atoms with Gasteiger partial charge < -0.3 is 68.5 Å². The van der Waals surface area contributed by atoms with Crippen molar-refractivity contribution in [1.82, 2.24) is 10.2 Å². The summed E-state index contributed by atoms with van der Waals surface area (Å²) in [6.07, 6.45) is -14.3. The molecule has 7 rings (SSSR count). The number of benzene rings is 3. The number of nitrogens with one attached hydrogen (secondary N) is 1. The van der Waals surface area contributed by atoms with Gasteiger partial charge in [-0.1, -0.05) is 104 Å². The van der Waals surface area contributed by atoms with E-state index in [1.165, 1.54) is 6.08 Å². The van der Waals surface area contributed by atoms with Crippen LogP contribution in [-0.2, 0) is 54.1 Å². The SMILES string of the molecule is C=CCOC(=O)[C@H](CC(=O)N(C[C@@H]1O[C@@H]2COC(c3ccccc3)O[C@H]2[C@H](O)[C@H]1O)C[C@@H]1O[C@@H]2COC(c3ccccc3)O[C@H]2[C@H](O)[C@H]1O)NC(=O)OCc1ccccc1. The molecule has 5 N–H and O–H groups in total. The number of carbonyl (C=O) groups excluding carboxylic acids is 3. The Hall–Kier alpha value is -4.79. The quantitative estimate of drug-likeness (QED) is 0.115. The molecule has 322 valence electrons. The largest absolute Gasteiger partial charge is 0.460 e. The molecule has 4 aliphatic rings. The first-order chi connectivity index (χ1) is 29.1. The van der Waals surface area contributed by atoms with E-state index >= 15 is 0 Å². The number of amides is 2. The number of hydrogen-bond acceptors (Lipinski definition) is 15. The van der Waals surface area contributed by atoms with Crippen molar-refractivity contribution in [1.29, 1.82) is 0 Å². The zero-order valence-electron chi connectivity index (χ0n) is 32.6. The van der Waals surface area contributed by atoms with Crippen LogP contribution in [0, 0.1) is 0 Å². The summed E-state index contributed by atoms with van der Waals surface area (Å²) in [6.45, 7) is 2.35. The van der Waals surface area contributed by atoms with Gasteiger partial charge in [-0.2, -0.15) is 0 Å². The van der Waals surface area contributed by atoms with E-state index in [0.717, 1.165) is 4.90 Å². The first-order valence-corrected chi connectivity index (χ1v) is 19.8. The van der Waals surface area contributed by atoms with Crippen LogP contribution in [0.15, 0.2) is 104 Å². The highest BCUT2D eigenvalue weighted by atomic mass is 16.7. The number of hydrogen-bond donors (Lipinski definition) is 5. The van der Waals surface area contributed by atoms with E-state index in [2.05, 4.69) is 11.9 Å². The summed E-state index contributed by atoms with van der Waals surface area (Å²) < 4.78 is 46.9. The molecular weight excluding hydrogens is 784 g/mol. The standard InChI is InChI=1S/C43H50N2O15/c1-2-18-53-40(51)28(44-43(52)56-22-25-12-6-3-7-13-25)19-33(46)45(20-29-34(47)36(49)38-31(57-29)23-54-41(59-38)26-14-8-4-9-15-26)21-30-35(48)37(50)39-32(58-30)24-55-42(60-39)27-16-10-5-11-17-27/h2-17,28-32,34-39,41-42,47-50H,1,18-24H2,(H,44,52)/t28-,29-,30-,31+,32+,34-,35-,36+,37+,38+,39+,41?,42?/m0/s1. The Bertz CT molecular complexity index is 1790. The molecule has 13 atom stereocenters. The van der Waals surface area contributed by atoms with Crippen molar-refractivity contribution in [3.63, 3.8) is 0 Å². The summed E-state index contributed by atoms with van der Waals surface area (Å²) in [5.74, 6) is -1.74. The van der Waals surface area contributed by atoms with Gasteiger partial charge in [0.2, 0.25) is 5.91 Å². The number of fused-ring (bicyclic) bond motifs is 2. The van der Waals surface area contributed by atoms with Gasteiger partial charge in [0.05, 0.1) is 19.6 Å². The molecule has 4 heterocycles. The average molecular weight is 835 g/mol. The zero-order valence-corrected chi connectivity index (χ0v) is 32.6. The number of aliphatic hydroxyl groups is 4. The molecule has 60 heavy (non-hydrogen) atoms. The number of carbonyl (C=O) groups is 3. The Labute approximate surface area is 346 Å². The van der Waals surface area contributed by atoms with Crippen LogP contribution in [0.4, 0.5) is 4.79 Å². The smallest absolute Gasteiger partial charge is 0.408 e. The lowest BCUT2D eigenvalue weighted by Gasteiger charge is -2.49. The molecule has 3 aromatic rings. The Balaban J connectivity index is 1.08. The summed E-state index contributed by atoms with van der Waals surface area (Å²) in [5, 5.41) is 48.0. The molecule has 4 aliphatic heterocycles. The predicted molar refractivity (Wildman–Crippen MR) is 207 cm³/mol. The number of nitrogens with zero attached hydrogens (tertiary/aromatic N) is 1. The lowest BCUT2D eigenvalue weighted by Crippen LogP contribution is -2.66. The first-order valence-electron chi connectivity index (χ1n) is 19.8. The van der Waals surface area contributed by atoms with Crippen molar-refractivity contribution in [2.75, 3.05) is 32.9 Å². The van der Waals surface area contributed by atoms with Gasteiger partial charge in [0, 0.05) is 24.2 Å². The topological polar surface area (TPSA) is 221 Å². The monoisotopic (exact) mass is 834 g/mol. The maximum Gasteiger partial charge on any atom is 0.408 e. The molecule has 2 unspecified atom stereocenters. The van der Waals surface area contributed by atoms with E-state index in [1.807, 2.05) is 36.4 Å². The van der Waals surface area contributed by atoms with E-state index in [9.17, 15) is 34.8 Å². The fourth-order valence-corrected chi connectivity index (χ4v) is 7.60. The minimum Gasteiger partial charge on any atom is -0.460 e. The van der Waals surface area contributed by atoms with Crippen LogP contribution < -0.4 is 5.32 Å². The van der Waals surface area contributed by atoms with Crippen molar-refractivity contribution in [2.24, 2.45) is 0 Å². The third kappa shape index (κ3) is 10.4. The molecule has 2 amide bonds. The average Bonchev–Trinajstić information content (AvgIpc) is 3.28. The Morgan fingerprint density at radius 3 is 1.67 bits per heavy atom. The number of esters is 1. The Morgan fingerprint density at radius 1 is 0.700 bits per heavy atom. The molecule has 4 fully saturated rings. The minimum atomic E-state index is -1.59. The van der Waals surface area contributed by atoms with Crippen molar-refractivity contribution < 1.29 is 72.7 Å². The van der Waals surface area contributed by atoms with Gasteiger partial charge in [0.1, 0.15) is 80.3 Å². The van der Waals surface area contributed by atoms with Crippen LogP contribution in [-0.4, -0.2) is 143 Å². The molecule has 17 nitrogen and oxygen atoms in total. The van der Waals surface area contributed by atoms with E-state index in [1.54, 1.807) is 54.6 Å². The Morgan fingerprint density at radius 2 is 1.18 bits per heavy atom. The summed E-state index contributed by atoms with van der Waals surface area (Å²) in [5.41, 5.74) is 2.09. The van der Waals surface area contributed by atoms with Gasteiger partial charge in [0.25, 0.3) is 0 Å². The number of rotatable bonds is 14. The second kappa shape index (κ2) is 20.2. The van der Waals surface area contributed by atoms with Gasteiger partial charge in [-0.25, -0.2) is 9.59 Å². The van der Waals surface area contributed by atoms with Gasteiger partial charge in [-0.05, 0) is 5.56 Å². The molecule has 4 saturated heterocycles. The second-order valence-corrected chi connectivity index (χ2v) is 14.9. The fourth-order valence-electron chi connectivity index (χ4n) is 7.60. The molecule has 17 heteroatoms. The van der Waals surface area contributed by atoms with Crippen LogP contribution in [0.2, 0.25) is 0 Å². The van der Waals surface area contributed by atoms with E-state index in [-0.39, 0.29) is 26.4 Å². The fraction of sp³-hybridized carbons (Fsp3) is 0.465. The maximum atomic E-state index is 14.4. The summed E-state index contributed by atoms with van der Waals surface area (Å²) in [6, 6.07) is 25.4. The Kier molecular flexibility index (Phi) is 14.6. The van der Waals surface area contributed by atoms with Crippen LogP contribution >= 0.6 is 0 Å². The minimum absolute atomic E-state index is 0.0195. The highest BCUT2D eigenvalue weighted by Crippen LogP contribution is 2.36. The molecule has 0 spiro atoms. The highest BCUT2D eigenvalue weighted by molar-refractivity contribution is 5.88. The number of ether oxygens (including phenoxy) is 8. The van der Waals surface area contributed by atoms with Crippen LogP contribution in [0.3, 0.4) is 0 Å². The van der Waals surface area contributed by atoms with Gasteiger partial charge in [-0.3, -0.25) is 4.79 Å². The van der Waals surface area contributed by atoms with Gasteiger partial charge >= 0.3 is 12.1 Å². The molecule has 0 bridgehead atoms. The summed E-state index contributed by atoms with van der Waals surface area (Å²) >= 11 is 0. The molecule has 3 aromatic carbocycles. The summed E-state index contributed by atoms with van der Waals surface area (Å²) in [7, 11) is 0. The lowest BCUT2D eigenvalue weighted by atomic mass is 9.92. The van der Waals surface area contributed by atoms with Gasteiger partial charge in [-0.15, -0.1) is 0 Å². The van der Waals surface area contributed by atoms with Crippen molar-refractivity contribution >= 4 is 18.0 Å². The van der Waals surface area contributed by atoms with Crippen LogP contribution in [0.5, 0.6) is 0 Å². The molecule has 0 saturated carbocycles. The first kappa shape index (κ1) is 43.3. The van der Waals surface area contributed by atoms with E-state index in [4.69, 9.17) is 37.9 Å². The lowest BCUT2D eigenvalue weighted by molar-refractivity contribution is -0.332. The highest BCUT2D eigenvalue weighted by Gasteiger charge is 2.52. The van der Waals surface area contributed by atoms with Crippen LogP contribution in [0.25, 0.3) is 0 Å². The summed E-state index contributed by atoms with van der Waals surface area (Å²) in [4.78, 5) is 41.7. The second-order valence-electron chi connectivity index (χ2n) is 14.9. The van der Waals surface area contributed by atoms with Crippen molar-refractivity contribution in [3.05, 3.63) is 120 Å². The normalized spacial score (nSPS) is 31.7. The third-order valence-corrected chi connectivity index (χ3v) is 10.8. The molecule has 0 aliphatic carbocycles. The van der Waals surface area contributed by atoms with Crippen molar-refractivity contribution in [2.45, 2.75) is 92.7 Å². The van der Waals surface area contributed by atoms with E-state index in [0.29, 0.717) is 16.7 Å². The number of alkyl carbamates (subject to hydrolysis) is 1. The van der Waals surface area contributed by atoms with Crippen molar-refractivity contribution in [3.8, 4) is 0 Å². The molecular formula is C43H50N2O15.